The predicted octanol–water partition coefficient (Wildman–Crippen LogP) is 7.61. The Morgan fingerprint density at radius 2 is 1.87 bits per heavy atom. The fourth-order valence-corrected chi connectivity index (χ4v) is 9.21. The molecule has 10 nitrogen and oxygen atoms in total. The Morgan fingerprint density at radius 3 is 2.63 bits per heavy atom. The SMILES string of the molecule is COc1c(F)c(F)cc2c1CC[C@H]2Nc1nc(C)cc2cc(-c3c4c(nc(CCc5ccc(F)cc5)c3-c3n[nH]c(=O)o3)[C@@H]3CCCN3C4=O)sc12. The van der Waals surface area contributed by atoms with Crippen molar-refractivity contribution >= 4 is 33.1 Å². The Labute approximate surface area is 298 Å². The van der Waals surface area contributed by atoms with Crippen molar-refractivity contribution in [1.29, 1.82) is 0 Å². The molecule has 6 heterocycles. The summed E-state index contributed by atoms with van der Waals surface area (Å²) in [7, 11) is 1.33. The van der Waals surface area contributed by atoms with Crippen LogP contribution in [0.4, 0.5) is 19.0 Å². The summed E-state index contributed by atoms with van der Waals surface area (Å²) in [5, 5.41) is 10.9. The van der Waals surface area contributed by atoms with Crippen LogP contribution in [0.15, 0.2) is 51.7 Å². The lowest BCUT2D eigenvalue weighted by Gasteiger charge is -2.17. The van der Waals surface area contributed by atoms with E-state index < -0.39 is 17.4 Å². The Bertz CT molecular complexity index is 2490. The second-order valence-electron chi connectivity index (χ2n) is 13.4. The quantitative estimate of drug-likeness (QED) is 0.164. The topological polar surface area (TPSA) is 126 Å². The lowest BCUT2D eigenvalue weighted by atomic mass is 9.93. The van der Waals surface area contributed by atoms with Crippen LogP contribution in [-0.4, -0.2) is 44.6 Å². The third-order valence-corrected chi connectivity index (χ3v) is 11.5. The molecule has 1 fully saturated rings. The van der Waals surface area contributed by atoms with Crippen LogP contribution >= 0.6 is 11.3 Å². The number of nitrogens with zero attached hydrogens (tertiary/aromatic N) is 4. The molecule has 2 aliphatic heterocycles. The van der Waals surface area contributed by atoms with E-state index in [0.717, 1.165) is 39.1 Å². The minimum atomic E-state index is -0.999. The van der Waals surface area contributed by atoms with E-state index in [1.165, 1.54) is 36.6 Å². The van der Waals surface area contributed by atoms with Gasteiger partial charge in [0.1, 0.15) is 11.6 Å². The third kappa shape index (κ3) is 5.18. The highest BCUT2D eigenvalue weighted by Crippen LogP contribution is 2.51. The van der Waals surface area contributed by atoms with Gasteiger partial charge < -0.3 is 19.4 Å². The predicted molar refractivity (Wildman–Crippen MR) is 188 cm³/mol. The van der Waals surface area contributed by atoms with Crippen LogP contribution in [0.1, 0.15) is 75.5 Å². The van der Waals surface area contributed by atoms with Crippen molar-refractivity contribution in [2.75, 3.05) is 19.0 Å². The molecule has 2 atom stereocenters. The summed E-state index contributed by atoms with van der Waals surface area (Å²) in [4.78, 5) is 39.1. The van der Waals surface area contributed by atoms with Gasteiger partial charge >= 0.3 is 5.76 Å². The molecular formula is C38H31F3N6O4S. The van der Waals surface area contributed by atoms with Gasteiger partial charge in [-0.15, -0.1) is 16.4 Å². The molecule has 0 spiro atoms. The van der Waals surface area contributed by atoms with Gasteiger partial charge in [-0.1, -0.05) is 12.1 Å². The van der Waals surface area contributed by atoms with E-state index >= 15 is 0 Å². The molecule has 0 unspecified atom stereocenters. The molecule has 1 aliphatic carbocycles. The number of hydrogen-bond acceptors (Lipinski definition) is 9. The molecule has 1 saturated heterocycles. The molecule has 52 heavy (non-hydrogen) atoms. The summed E-state index contributed by atoms with van der Waals surface area (Å²) in [5.41, 5.74) is 5.62. The number of ether oxygens (including phenoxy) is 1. The lowest BCUT2D eigenvalue weighted by Crippen LogP contribution is -2.22. The highest BCUT2D eigenvalue weighted by Gasteiger charge is 2.45. The van der Waals surface area contributed by atoms with Crippen LogP contribution < -0.4 is 15.8 Å². The first-order valence-electron chi connectivity index (χ1n) is 17.1. The summed E-state index contributed by atoms with van der Waals surface area (Å²) < 4.78 is 54.6. The highest BCUT2D eigenvalue weighted by molar-refractivity contribution is 7.23. The normalized spacial score (nSPS) is 17.6. The maximum absolute atomic E-state index is 14.7. The summed E-state index contributed by atoms with van der Waals surface area (Å²) in [6.07, 6.45) is 3.63. The zero-order chi connectivity index (χ0) is 35.8. The molecule has 0 bridgehead atoms. The van der Waals surface area contributed by atoms with Crippen LogP contribution in [0.25, 0.3) is 32.0 Å². The second kappa shape index (κ2) is 12.3. The number of carbonyl (C=O) groups is 1. The summed E-state index contributed by atoms with van der Waals surface area (Å²) in [5.74, 6) is -2.69. The number of aromatic amines is 1. The number of fused-ring (bicyclic) bond motifs is 5. The highest BCUT2D eigenvalue weighted by atomic mass is 32.1. The Balaban J connectivity index is 1.21. The Morgan fingerprint density at radius 1 is 1.04 bits per heavy atom. The van der Waals surface area contributed by atoms with Gasteiger partial charge in [0, 0.05) is 28.2 Å². The van der Waals surface area contributed by atoms with E-state index in [1.807, 2.05) is 24.0 Å². The van der Waals surface area contributed by atoms with Crippen LogP contribution in [-0.2, 0) is 19.3 Å². The molecule has 4 aromatic heterocycles. The third-order valence-electron chi connectivity index (χ3n) is 10.3. The number of thiophene rings is 1. The van der Waals surface area contributed by atoms with E-state index in [-0.39, 0.29) is 35.4 Å². The molecule has 2 aromatic carbocycles. The van der Waals surface area contributed by atoms with Crippen molar-refractivity contribution in [2.24, 2.45) is 0 Å². The standard InChI is InChI=1S/C38H31F3N6O4S/c1-17-14-19-15-27(52-34(19)35(42-17)44-24-12-10-21-22(24)16-23(40)31(41)33(21)50-2)29-28(36-45-46-38(49)51-36)25(11-7-18-5-8-20(39)9-6-18)43-32-26-4-3-13-47(26)37(48)30(29)32/h5-6,8-9,14-16,24,26H,3-4,7,10-13H2,1-2H3,(H,42,44)(H,46,49)/t24-,26+/m1/s1. The molecule has 1 amide bonds. The molecule has 3 aliphatic rings. The van der Waals surface area contributed by atoms with Gasteiger partial charge in [0.15, 0.2) is 11.6 Å². The number of methoxy groups -OCH3 is 1. The van der Waals surface area contributed by atoms with Crippen molar-refractivity contribution in [2.45, 2.75) is 57.5 Å². The maximum Gasteiger partial charge on any atom is 0.434 e. The number of carbonyl (C=O) groups excluding carboxylic acids is 1. The summed E-state index contributed by atoms with van der Waals surface area (Å²) in [6, 6.07) is 10.9. The van der Waals surface area contributed by atoms with Gasteiger partial charge in [0.2, 0.25) is 5.82 Å². The zero-order valence-electron chi connectivity index (χ0n) is 28.1. The maximum atomic E-state index is 14.7. The molecule has 6 aromatic rings. The number of rotatable bonds is 8. The van der Waals surface area contributed by atoms with Gasteiger partial charge in [0.05, 0.1) is 46.4 Å². The molecule has 2 N–H and O–H groups in total. The number of pyridine rings is 2. The molecule has 14 heteroatoms. The number of halogens is 3. The average molecular weight is 725 g/mol. The number of hydrogen-bond donors (Lipinski definition) is 2. The first-order chi connectivity index (χ1) is 25.2. The van der Waals surface area contributed by atoms with Crippen molar-refractivity contribution < 1.29 is 27.1 Å². The van der Waals surface area contributed by atoms with Gasteiger partial charge in [-0.3, -0.25) is 9.78 Å². The summed E-state index contributed by atoms with van der Waals surface area (Å²) >= 11 is 1.42. The van der Waals surface area contributed by atoms with Crippen LogP contribution in [0.2, 0.25) is 0 Å². The van der Waals surface area contributed by atoms with Gasteiger partial charge in [-0.25, -0.2) is 23.7 Å². The lowest BCUT2D eigenvalue weighted by molar-refractivity contribution is 0.0776. The number of benzene rings is 2. The van der Waals surface area contributed by atoms with Crippen molar-refractivity contribution in [3.63, 3.8) is 0 Å². The monoisotopic (exact) mass is 724 g/mol. The average Bonchev–Trinajstić information content (AvgIpc) is 3.97. The number of H-pyrrole nitrogens is 1. The summed E-state index contributed by atoms with van der Waals surface area (Å²) in [6.45, 7) is 2.49. The van der Waals surface area contributed by atoms with Crippen molar-refractivity contribution in [1.82, 2.24) is 25.1 Å². The number of aryl methyl sites for hydroxylation is 3. The largest absolute Gasteiger partial charge is 0.493 e. The first-order valence-corrected chi connectivity index (χ1v) is 17.9. The number of aromatic nitrogens is 4. The number of amides is 1. The van der Waals surface area contributed by atoms with Crippen molar-refractivity contribution in [3.05, 3.63) is 110 Å². The molecule has 0 saturated carbocycles. The van der Waals surface area contributed by atoms with E-state index in [2.05, 4.69) is 15.5 Å². The van der Waals surface area contributed by atoms with E-state index in [9.17, 15) is 22.8 Å². The van der Waals surface area contributed by atoms with E-state index in [4.69, 9.17) is 19.1 Å². The van der Waals surface area contributed by atoms with Crippen molar-refractivity contribution in [3.8, 4) is 27.6 Å². The van der Waals surface area contributed by atoms with Crippen LogP contribution in [0.5, 0.6) is 5.75 Å². The second-order valence-corrected chi connectivity index (χ2v) is 14.5. The minimum Gasteiger partial charge on any atom is -0.493 e. The van der Waals surface area contributed by atoms with Gasteiger partial charge in [-0.05, 0) is 92.3 Å². The molecule has 264 valence electrons. The van der Waals surface area contributed by atoms with E-state index in [1.54, 1.807) is 12.1 Å². The first kappa shape index (κ1) is 32.4. The van der Waals surface area contributed by atoms with Crippen LogP contribution in [0, 0.1) is 24.4 Å². The minimum absolute atomic E-state index is 0.0140. The van der Waals surface area contributed by atoms with Crippen LogP contribution in [0.3, 0.4) is 0 Å². The smallest absolute Gasteiger partial charge is 0.434 e. The Kier molecular flexibility index (Phi) is 7.68. The van der Waals surface area contributed by atoms with Gasteiger partial charge in [0.25, 0.3) is 11.8 Å². The molecule has 9 rings (SSSR count). The molecule has 0 radical (unpaired) electrons. The number of anilines is 1. The van der Waals surface area contributed by atoms with Gasteiger partial charge in [-0.2, -0.15) is 4.39 Å². The molecular weight excluding hydrogens is 694 g/mol. The zero-order valence-corrected chi connectivity index (χ0v) is 28.9. The fourth-order valence-electron chi connectivity index (χ4n) is 8.06. The van der Waals surface area contributed by atoms with E-state index in [0.29, 0.717) is 77.3 Å². The fraction of sp³-hybridized carbons (Fsp3) is 0.289. The Hall–Kier alpha value is -5.50. The number of nitrogens with one attached hydrogen (secondary N) is 2.